The Balaban J connectivity index is 2.06. The van der Waals surface area contributed by atoms with Crippen LogP contribution in [0.4, 0.5) is 5.95 Å². The van der Waals surface area contributed by atoms with Crippen LogP contribution in [0, 0.1) is 6.92 Å². The Bertz CT molecular complexity index is 807. The molecular formula is C15H13ClN4O. The lowest BCUT2D eigenvalue weighted by atomic mass is 10.2. The van der Waals surface area contributed by atoms with Gasteiger partial charge in [-0.1, -0.05) is 11.6 Å². The van der Waals surface area contributed by atoms with Crippen LogP contribution in [0.15, 0.2) is 36.5 Å². The average molecular weight is 301 g/mol. The van der Waals surface area contributed by atoms with Crippen LogP contribution in [0.5, 0.6) is 11.6 Å². The minimum absolute atomic E-state index is 0.459. The molecule has 0 spiro atoms. The lowest BCUT2D eigenvalue weighted by Gasteiger charge is -2.10. The van der Waals surface area contributed by atoms with Gasteiger partial charge in [-0.3, -0.25) is 4.98 Å². The van der Waals surface area contributed by atoms with Crippen molar-refractivity contribution >= 4 is 28.5 Å². The van der Waals surface area contributed by atoms with Crippen molar-refractivity contribution in [2.24, 2.45) is 0 Å². The molecule has 0 bridgehead atoms. The molecule has 0 saturated carbocycles. The maximum Gasteiger partial charge on any atom is 0.225 e. The van der Waals surface area contributed by atoms with Gasteiger partial charge in [-0.15, -0.1) is 0 Å². The van der Waals surface area contributed by atoms with Crippen molar-refractivity contribution < 1.29 is 4.74 Å². The van der Waals surface area contributed by atoms with E-state index in [2.05, 4.69) is 20.3 Å². The molecule has 0 radical (unpaired) electrons. The Morgan fingerprint density at radius 1 is 1.19 bits per heavy atom. The fourth-order valence-corrected chi connectivity index (χ4v) is 2.23. The summed E-state index contributed by atoms with van der Waals surface area (Å²) in [6.45, 7) is 1.88. The second-order valence-electron chi connectivity index (χ2n) is 4.47. The Kier molecular flexibility index (Phi) is 3.58. The normalized spacial score (nSPS) is 10.6. The van der Waals surface area contributed by atoms with Crippen LogP contribution in [0.25, 0.3) is 10.9 Å². The van der Waals surface area contributed by atoms with Gasteiger partial charge in [0.25, 0.3) is 0 Å². The highest BCUT2D eigenvalue weighted by molar-refractivity contribution is 6.35. The molecule has 0 aliphatic rings. The Morgan fingerprint density at radius 2 is 2.05 bits per heavy atom. The van der Waals surface area contributed by atoms with Gasteiger partial charge in [-0.2, -0.15) is 4.98 Å². The number of hydrogen-bond donors (Lipinski definition) is 1. The van der Waals surface area contributed by atoms with Gasteiger partial charge in [0.2, 0.25) is 11.8 Å². The topological polar surface area (TPSA) is 59.9 Å². The molecule has 21 heavy (non-hydrogen) atoms. The second-order valence-corrected chi connectivity index (χ2v) is 4.88. The Labute approximate surface area is 127 Å². The molecule has 6 heteroatoms. The number of nitrogens with zero attached hydrogens (tertiary/aromatic N) is 3. The van der Waals surface area contributed by atoms with Crippen LogP contribution in [0.1, 0.15) is 5.69 Å². The van der Waals surface area contributed by atoms with Crippen LogP contribution < -0.4 is 10.1 Å². The number of anilines is 1. The Morgan fingerprint density at radius 3 is 2.86 bits per heavy atom. The molecule has 0 aliphatic carbocycles. The number of ether oxygens (including phenoxy) is 1. The van der Waals surface area contributed by atoms with E-state index < -0.39 is 0 Å². The SMILES string of the molecule is CNc1nc(C)cc(Oc2ccc(Cl)c3cccnc23)n1. The zero-order chi connectivity index (χ0) is 14.8. The summed E-state index contributed by atoms with van der Waals surface area (Å²) in [7, 11) is 1.76. The number of hydrogen-bond acceptors (Lipinski definition) is 5. The number of aryl methyl sites for hydroxylation is 1. The van der Waals surface area contributed by atoms with Gasteiger partial charge in [0.05, 0.1) is 5.02 Å². The van der Waals surface area contributed by atoms with Crippen molar-refractivity contribution in [3.8, 4) is 11.6 Å². The molecule has 0 fully saturated rings. The average Bonchev–Trinajstić information content (AvgIpc) is 2.50. The summed E-state index contributed by atoms with van der Waals surface area (Å²) in [6, 6.07) is 9.08. The summed E-state index contributed by atoms with van der Waals surface area (Å²) < 4.78 is 5.86. The van der Waals surface area contributed by atoms with Gasteiger partial charge in [-0.25, -0.2) is 4.98 Å². The highest BCUT2D eigenvalue weighted by Crippen LogP contribution is 2.32. The molecule has 0 saturated heterocycles. The Hall–Kier alpha value is -2.40. The fraction of sp³-hybridized carbons (Fsp3) is 0.133. The molecule has 2 heterocycles. The predicted molar refractivity (Wildman–Crippen MR) is 83.1 cm³/mol. The van der Waals surface area contributed by atoms with E-state index in [9.17, 15) is 0 Å². The third-order valence-corrected chi connectivity index (χ3v) is 3.28. The molecule has 2 aromatic heterocycles. The predicted octanol–water partition coefficient (Wildman–Crippen LogP) is 3.82. The quantitative estimate of drug-likeness (QED) is 0.797. The lowest BCUT2D eigenvalue weighted by Crippen LogP contribution is -2.00. The van der Waals surface area contributed by atoms with Crippen LogP contribution in [0.3, 0.4) is 0 Å². The number of halogens is 1. The maximum atomic E-state index is 6.17. The molecule has 0 unspecified atom stereocenters. The van der Waals surface area contributed by atoms with E-state index in [1.807, 2.05) is 19.1 Å². The third-order valence-electron chi connectivity index (χ3n) is 2.95. The summed E-state index contributed by atoms with van der Waals surface area (Å²) in [4.78, 5) is 12.8. The summed E-state index contributed by atoms with van der Waals surface area (Å²) in [6.07, 6.45) is 1.70. The van der Waals surface area contributed by atoms with Crippen molar-refractivity contribution in [1.82, 2.24) is 15.0 Å². The number of fused-ring (bicyclic) bond motifs is 1. The van der Waals surface area contributed by atoms with Gasteiger partial charge in [0.1, 0.15) is 5.52 Å². The zero-order valence-corrected chi connectivity index (χ0v) is 12.3. The van der Waals surface area contributed by atoms with Crippen LogP contribution >= 0.6 is 11.6 Å². The van der Waals surface area contributed by atoms with Crippen LogP contribution in [-0.2, 0) is 0 Å². The van der Waals surface area contributed by atoms with Crippen molar-refractivity contribution in [2.45, 2.75) is 6.92 Å². The van der Waals surface area contributed by atoms with Crippen LogP contribution in [-0.4, -0.2) is 22.0 Å². The van der Waals surface area contributed by atoms with E-state index in [1.165, 1.54) is 0 Å². The van der Waals surface area contributed by atoms with Crippen LogP contribution in [0.2, 0.25) is 5.02 Å². The first kappa shape index (κ1) is 13.6. The zero-order valence-electron chi connectivity index (χ0n) is 11.6. The first-order chi connectivity index (χ1) is 10.2. The van der Waals surface area contributed by atoms with Gasteiger partial charge in [0.15, 0.2) is 5.75 Å². The van der Waals surface area contributed by atoms with Gasteiger partial charge in [-0.05, 0) is 31.2 Å². The number of rotatable bonds is 3. The van der Waals surface area contributed by atoms with Crippen molar-refractivity contribution in [3.05, 3.63) is 47.2 Å². The van der Waals surface area contributed by atoms with E-state index in [4.69, 9.17) is 16.3 Å². The minimum atomic E-state index is 0.459. The lowest BCUT2D eigenvalue weighted by molar-refractivity contribution is 0.466. The highest BCUT2D eigenvalue weighted by Gasteiger charge is 2.09. The van der Waals surface area contributed by atoms with Crippen molar-refractivity contribution in [1.29, 1.82) is 0 Å². The van der Waals surface area contributed by atoms with Crippen molar-refractivity contribution in [3.63, 3.8) is 0 Å². The summed E-state index contributed by atoms with van der Waals surface area (Å²) >= 11 is 6.17. The van der Waals surface area contributed by atoms with E-state index in [1.54, 1.807) is 31.4 Å². The molecule has 3 rings (SSSR count). The summed E-state index contributed by atoms with van der Waals surface area (Å²) in [5.74, 6) is 1.58. The summed E-state index contributed by atoms with van der Waals surface area (Å²) in [5.41, 5.74) is 1.52. The highest BCUT2D eigenvalue weighted by atomic mass is 35.5. The number of pyridine rings is 1. The van der Waals surface area contributed by atoms with E-state index in [-0.39, 0.29) is 0 Å². The molecule has 0 aliphatic heterocycles. The molecule has 5 nitrogen and oxygen atoms in total. The molecule has 1 N–H and O–H groups in total. The third kappa shape index (κ3) is 2.73. The minimum Gasteiger partial charge on any atom is -0.437 e. The maximum absolute atomic E-state index is 6.17. The molecule has 0 atom stereocenters. The monoisotopic (exact) mass is 300 g/mol. The summed E-state index contributed by atoms with van der Waals surface area (Å²) in [5, 5.41) is 4.38. The molecule has 3 aromatic rings. The number of nitrogens with one attached hydrogen (secondary N) is 1. The van der Waals surface area contributed by atoms with E-state index in [0.717, 1.165) is 11.1 Å². The van der Waals surface area contributed by atoms with Gasteiger partial charge in [0, 0.05) is 30.4 Å². The van der Waals surface area contributed by atoms with Gasteiger partial charge >= 0.3 is 0 Å². The molecule has 0 amide bonds. The molecule has 106 valence electrons. The van der Waals surface area contributed by atoms with E-state index >= 15 is 0 Å². The standard InChI is InChI=1S/C15H13ClN4O/c1-9-8-13(20-15(17-2)19-9)21-12-6-5-11(16)10-4-3-7-18-14(10)12/h3-8H,1-2H3,(H,17,19,20). The number of aromatic nitrogens is 3. The largest absolute Gasteiger partial charge is 0.437 e. The molecule has 1 aromatic carbocycles. The fourth-order valence-electron chi connectivity index (χ4n) is 2.01. The number of benzene rings is 1. The smallest absolute Gasteiger partial charge is 0.225 e. The first-order valence-corrected chi connectivity index (χ1v) is 6.79. The van der Waals surface area contributed by atoms with Gasteiger partial charge < -0.3 is 10.1 Å². The van der Waals surface area contributed by atoms with Crippen molar-refractivity contribution in [2.75, 3.05) is 12.4 Å². The van der Waals surface area contributed by atoms with E-state index in [0.29, 0.717) is 28.1 Å². The first-order valence-electron chi connectivity index (χ1n) is 6.42. The second kappa shape index (κ2) is 5.54. The molecular weight excluding hydrogens is 288 g/mol.